The van der Waals surface area contributed by atoms with Crippen LogP contribution in [0.25, 0.3) is 0 Å². The van der Waals surface area contributed by atoms with Gasteiger partial charge in [0.25, 0.3) is 0 Å². The predicted octanol–water partition coefficient (Wildman–Crippen LogP) is 1.27. The van der Waals surface area contributed by atoms with Crippen LogP contribution in [0.3, 0.4) is 0 Å². The molecule has 0 saturated carbocycles. The van der Waals surface area contributed by atoms with Crippen LogP contribution in [-0.2, 0) is 19.6 Å². The fourth-order valence-electron chi connectivity index (χ4n) is 0.948. The third kappa shape index (κ3) is 6.35. The Balaban J connectivity index is 0. The standard InChI is InChI=1S/C7HCl2F13O5S.K/c8-2(11,12)3(9,13)27-5(17,18)1(10,4(14,15)16)26-6(19,20)7(21,22)28(23,24)25;/h(H,23,24,25);/q;+1/p-1. The third-order valence-electron chi connectivity index (χ3n) is 2.25. The van der Waals surface area contributed by atoms with Crippen molar-refractivity contribution in [2.45, 2.75) is 40.2 Å². The Morgan fingerprint density at radius 1 is 0.690 bits per heavy atom. The Labute approximate surface area is 202 Å². The average Bonchev–Trinajstić information content (AvgIpc) is 2.31. The van der Waals surface area contributed by atoms with Gasteiger partial charge in [-0.1, -0.05) is 0 Å². The first-order valence-corrected chi connectivity index (χ1v) is 7.52. The second-order valence-corrected chi connectivity index (χ2v) is 6.70. The number of rotatable bonds is 8. The fourth-order valence-corrected chi connectivity index (χ4v) is 1.42. The van der Waals surface area contributed by atoms with E-state index in [-0.39, 0.29) is 51.4 Å². The van der Waals surface area contributed by atoms with Gasteiger partial charge in [-0.3, -0.25) is 9.47 Å². The number of hydrogen-bond acceptors (Lipinski definition) is 5. The van der Waals surface area contributed by atoms with Gasteiger partial charge in [0, 0.05) is 0 Å². The average molecular weight is 553 g/mol. The second-order valence-electron chi connectivity index (χ2n) is 4.32. The van der Waals surface area contributed by atoms with Gasteiger partial charge >= 0.3 is 91.6 Å². The van der Waals surface area contributed by atoms with E-state index in [0.717, 1.165) is 0 Å². The van der Waals surface area contributed by atoms with Gasteiger partial charge in [0.1, 0.15) is 0 Å². The fraction of sp³-hybridized carbons (Fsp3) is 1.00. The van der Waals surface area contributed by atoms with Crippen LogP contribution in [0, 0.1) is 0 Å². The van der Waals surface area contributed by atoms with Gasteiger partial charge in [0.2, 0.25) is 0 Å². The molecular weight excluding hydrogens is 553 g/mol. The van der Waals surface area contributed by atoms with E-state index in [1.54, 1.807) is 0 Å². The predicted molar refractivity (Wildman–Crippen MR) is 57.1 cm³/mol. The summed E-state index contributed by atoms with van der Waals surface area (Å²) in [6.07, 6.45) is -22.7. The minimum absolute atomic E-state index is 0. The van der Waals surface area contributed by atoms with E-state index in [1.807, 2.05) is 4.74 Å². The quantitative estimate of drug-likeness (QED) is 0.196. The molecule has 0 aromatic heterocycles. The molecule has 0 fully saturated rings. The minimum Gasteiger partial charge on any atom is -0.743 e. The van der Waals surface area contributed by atoms with E-state index in [2.05, 4.69) is 23.2 Å². The summed E-state index contributed by atoms with van der Waals surface area (Å²) in [5, 5.41) is -19.2. The Bertz CT molecular complexity index is 693. The third-order valence-corrected chi connectivity index (χ3v) is 3.77. The molecule has 0 aromatic carbocycles. The van der Waals surface area contributed by atoms with Crippen LogP contribution in [0.5, 0.6) is 0 Å². The molecule has 29 heavy (non-hydrogen) atoms. The van der Waals surface area contributed by atoms with Gasteiger partial charge < -0.3 is 4.55 Å². The molecule has 0 aromatic rings. The van der Waals surface area contributed by atoms with Crippen molar-refractivity contribution in [3.63, 3.8) is 0 Å². The maximum atomic E-state index is 13.6. The molecule has 0 bridgehead atoms. The van der Waals surface area contributed by atoms with E-state index in [9.17, 15) is 70.0 Å². The molecule has 0 aliphatic rings. The van der Waals surface area contributed by atoms with Crippen molar-refractivity contribution in [1.82, 2.24) is 0 Å². The van der Waals surface area contributed by atoms with E-state index in [4.69, 9.17) is 0 Å². The summed E-state index contributed by atoms with van der Waals surface area (Å²) in [5.74, 6) is -7.69. The molecule has 0 saturated heterocycles. The molecule has 22 heteroatoms. The molecule has 0 aliphatic carbocycles. The van der Waals surface area contributed by atoms with E-state index in [0.29, 0.717) is 0 Å². The summed E-state index contributed by atoms with van der Waals surface area (Å²) in [7, 11) is -7.70. The Morgan fingerprint density at radius 3 is 1.28 bits per heavy atom. The van der Waals surface area contributed by atoms with Crippen molar-refractivity contribution >= 4 is 33.3 Å². The molecule has 0 spiro atoms. The smallest absolute Gasteiger partial charge is 0.743 e. The first kappa shape index (κ1) is 32.3. The van der Waals surface area contributed by atoms with E-state index >= 15 is 0 Å². The monoisotopic (exact) mass is 552 g/mol. The van der Waals surface area contributed by atoms with Gasteiger partial charge in [0.15, 0.2) is 10.1 Å². The number of halogens is 15. The Kier molecular flexibility index (Phi) is 9.83. The van der Waals surface area contributed by atoms with Crippen LogP contribution in [0.1, 0.15) is 0 Å². The molecule has 5 nitrogen and oxygen atoms in total. The van der Waals surface area contributed by atoms with Crippen molar-refractivity contribution in [2.24, 2.45) is 0 Å². The van der Waals surface area contributed by atoms with Crippen LogP contribution in [0.4, 0.5) is 57.1 Å². The van der Waals surface area contributed by atoms with Crippen LogP contribution >= 0.6 is 23.2 Å². The van der Waals surface area contributed by atoms with E-state index in [1.165, 1.54) is 4.74 Å². The van der Waals surface area contributed by atoms with Gasteiger partial charge in [-0.25, -0.2) is 8.42 Å². The molecule has 2 unspecified atom stereocenters. The maximum absolute atomic E-state index is 13.6. The first-order chi connectivity index (χ1) is 11.7. The number of hydrogen-bond donors (Lipinski definition) is 0. The molecule has 0 rings (SSSR count). The van der Waals surface area contributed by atoms with Crippen molar-refractivity contribution < 1.29 is 131 Å². The summed E-state index contributed by atoms with van der Waals surface area (Å²) >= 11 is 7.59. The van der Waals surface area contributed by atoms with Gasteiger partial charge in [0.05, 0.1) is 0 Å². The van der Waals surface area contributed by atoms with Crippen LogP contribution in [0.15, 0.2) is 0 Å². The summed E-state index contributed by atoms with van der Waals surface area (Å²) in [6.45, 7) is 0. The largest absolute Gasteiger partial charge is 1.00 e. The van der Waals surface area contributed by atoms with Crippen molar-refractivity contribution in [3.8, 4) is 0 Å². The zero-order chi connectivity index (χ0) is 23.4. The van der Waals surface area contributed by atoms with Crippen LogP contribution in [0.2, 0.25) is 0 Å². The topological polar surface area (TPSA) is 75.7 Å². The number of alkyl halides is 15. The van der Waals surface area contributed by atoms with E-state index < -0.39 is 50.3 Å². The second kappa shape index (κ2) is 8.82. The molecule has 0 N–H and O–H groups in total. The van der Waals surface area contributed by atoms with Crippen molar-refractivity contribution in [3.05, 3.63) is 0 Å². The molecule has 0 amide bonds. The van der Waals surface area contributed by atoms with Crippen LogP contribution < -0.4 is 51.4 Å². The minimum atomic E-state index is -7.70. The number of ether oxygens (including phenoxy) is 2. The van der Waals surface area contributed by atoms with Crippen molar-refractivity contribution in [1.29, 1.82) is 0 Å². The summed E-state index contributed by atoms with van der Waals surface area (Å²) in [4.78, 5) is 0. The van der Waals surface area contributed by atoms with Gasteiger partial charge in [-0.05, 0) is 23.2 Å². The van der Waals surface area contributed by atoms with Gasteiger partial charge in [-0.2, -0.15) is 57.1 Å². The molecule has 0 heterocycles. The zero-order valence-corrected chi connectivity index (χ0v) is 18.1. The van der Waals surface area contributed by atoms with Crippen LogP contribution in [-0.4, -0.2) is 53.2 Å². The zero-order valence-electron chi connectivity index (χ0n) is 12.6. The first-order valence-electron chi connectivity index (χ1n) is 5.36. The molecule has 0 aliphatic heterocycles. The summed E-state index contributed by atoms with van der Waals surface area (Å²) < 4.78 is 200. The maximum Gasteiger partial charge on any atom is 1.00 e. The Hall–Kier alpha value is 1.14. The summed E-state index contributed by atoms with van der Waals surface area (Å²) in [6, 6.07) is 0. The molecular formula is C7Cl2F13KO5S. The summed E-state index contributed by atoms with van der Waals surface area (Å²) in [5.41, 5.74) is 0. The molecule has 170 valence electrons. The normalized spacial score (nSPS) is 19.2. The Morgan fingerprint density at radius 2 is 1.03 bits per heavy atom. The molecule has 0 radical (unpaired) electrons. The molecule has 2 atom stereocenters. The van der Waals surface area contributed by atoms with Gasteiger partial charge in [-0.15, -0.1) is 0 Å². The van der Waals surface area contributed by atoms with Crippen molar-refractivity contribution in [2.75, 3.05) is 0 Å². The SMILES string of the molecule is O=S(=O)([O-])C(F)(F)C(F)(F)OC(F)(C(F)(F)F)C(F)(F)OC(F)(Cl)C(F)(F)Cl.[K+].